The summed E-state index contributed by atoms with van der Waals surface area (Å²) >= 11 is 0. The van der Waals surface area contributed by atoms with E-state index >= 15 is 0 Å². The van der Waals surface area contributed by atoms with Crippen LogP contribution in [-0.2, 0) is 0 Å². The molecule has 7 aromatic carbocycles. The fourth-order valence-electron chi connectivity index (χ4n) is 8.53. The van der Waals surface area contributed by atoms with E-state index in [-0.39, 0.29) is 0 Å². The van der Waals surface area contributed by atoms with Crippen LogP contribution in [0.3, 0.4) is 0 Å². The predicted molar refractivity (Wildman–Crippen MR) is 241 cm³/mol. The van der Waals surface area contributed by atoms with Gasteiger partial charge in [0.15, 0.2) is 17.5 Å². The van der Waals surface area contributed by atoms with Gasteiger partial charge in [-0.2, -0.15) is 0 Å². The van der Waals surface area contributed by atoms with Crippen molar-refractivity contribution in [3.63, 3.8) is 0 Å². The van der Waals surface area contributed by atoms with Crippen LogP contribution in [0.2, 0.25) is 0 Å². The number of rotatable bonds is 6. The minimum atomic E-state index is 0.627. The number of benzene rings is 7. The monoisotopic (exact) mass is 741 g/mol. The van der Waals surface area contributed by atoms with E-state index < -0.39 is 0 Å². The molecule has 0 atom stereocenters. The molecule has 0 aliphatic rings. The lowest BCUT2D eigenvalue weighted by Crippen LogP contribution is -2.26. The maximum absolute atomic E-state index is 5.01. The molecule has 0 fully saturated rings. The van der Waals surface area contributed by atoms with Crippen molar-refractivity contribution >= 4 is 61.8 Å². The molecule has 0 N–H and O–H groups in total. The average molecular weight is 742 g/mol. The normalized spacial score (nSPS) is 12.0. The van der Waals surface area contributed by atoms with Gasteiger partial charge in [-0.25, -0.2) is 15.0 Å². The molecule has 11 aromatic rings. The second-order valence-corrected chi connectivity index (χ2v) is 14.6. The Balaban J connectivity index is 1.10. The molecule has 0 saturated carbocycles. The van der Waals surface area contributed by atoms with Crippen molar-refractivity contribution in [1.82, 2.24) is 23.9 Å². The van der Waals surface area contributed by atoms with Crippen LogP contribution in [0.5, 0.6) is 0 Å². The maximum atomic E-state index is 5.01. The van der Waals surface area contributed by atoms with Gasteiger partial charge in [0, 0.05) is 43.9 Å². The van der Waals surface area contributed by atoms with Crippen molar-refractivity contribution in [2.75, 3.05) is 0 Å². The van der Waals surface area contributed by atoms with Crippen LogP contribution in [0.25, 0.3) is 113 Å². The summed E-state index contributed by atoms with van der Waals surface area (Å²) in [5, 5.41) is 6.78. The summed E-state index contributed by atoms with van der Waals surface area (Å²) in [7, 11) is 0. The van der Waals surface area contributed by atoms with Gasteiger partial charge >= 0.3 is 0 Å². The third-order valence-electron chi connectivity index (χ3n) is 11.2. The van der Waals surface area contributed by atoms with E-state index in [9.17, 15) is 0 Å². The summed E-state index contributed by atoms with van der Waals surface area (Å²) in [5.41, 5.74) is 11.7. The number of fused-ring (bicyclic) bond motifs is 8. The van der Waals surface area contributed by atoms with Gasteiger partial charge in [0.2, 0.25) is 0 Å². The number of para-hydroxylation sites is 2. The molecule has 0 spiro atoms. The minimum Gasteiger partial charge on any atom is -0.309 e. The van der Waals surface area contributed by atoms with E-state index in [0.717, 1.165) is 76.9 Å². The molecule has 0 aliphatic carbocycles. The summed E-state index contributed by atoms with van der Waals surface area (Å²) in [6, 6.07) is 61.7. The standard InChI is InChI=1S/C53H35N5/c1-3-16-42-34(2)48-31-39-21-10-12-27-46(39)58(48)50-33-49-45(32-44(42)50)43-26-11-13-28-47(43)57(49)41-25-15-23-38(30-41)37-22-14-24-40(29-37)53-55-51(35-17-6-4-7-18-35)54-52(56-53)36-19-8-5-9-20-36/h3-33H,1-2H2/b42-16+. The molecule has 58 heavy (non-hydrogen) atoms. The van der Waals surface area contributed by atoms with E-state index in [0.29, 0.717) is 17.5 Å². The van der Waals surface area contributed by atoms with E-state index in [1.54, 1.807) is 0 Å². The summed E-state index contributed by atoms with van der Waals surface area (Å²) in [6.45, 7) is 8.66. The van der Waals surface area contributed by atoms with Crippen LogP contribution < -0.4 is 10.4 Å². The lowest BCUT2D eigenvalue weighted by Gasteiger charge is -2.13. The zero-order valence-electron chi connectivity index (χ0n) is 31.5. The molecule has 0 amide bonds. The Morgan fingerprint density at radius 3 is 1.72 bits per heavy atom. The summed E-state index contributed by atoms with van der Waals surface area (Å²) in [6.07, 6.45) is 3.95. The Morgan fingerprint density at radius 1 is 0.414 bits per heavy atom. The van der Waals surface area contributed by atoms with E-state index in [1.165, 1.54) is 16.2 Å². The number of hydrogen-bond acceptors (Lipinski definition) is 3. The van der Waals surface area contributed by atoms with Crippen LogP contribution in [-0.4, -0.2) is 23.9 Å². The third-order valence-corrected chi connectivity index (χ3v) is 11.2. The largest absolute Gasteiger partial charge is 0.309 e. The van der Waals surface area contributed by atoms with E-state index in [2.05, 4.69) is 143 Å². The molecule has 5 heteroatoms. The summed E-state index contributed by atoms with van der Waals surface area (Å²) < 4.78 is 4.76. The fraction of sp³-hybridized carbons (Fsp3) is 0. The first-order chi connectivity index (χ1) is 28.6. The second-order valence-electron chi connectivity index (χ2n) is 14.6. The third kappa shape index (κ3) is 5.36. The number of aromatic nitrogens is 5. The van der Waals surface area contributed by atoms with Crippen LogP contribution >= 0.6 is 0 Å². The van der Waals surface area contributed by atoms with Crippen LogP contribution in [0.15, 0.2) is 189 Å². The SMILES string of the molecule is C=C/C=c1\c(=C)c2cc3ccccc3n2c2cc3c(cc12)c1ccccc1n3-c1cccc(-c2cccc(-c3nc(-c4ccccc4)nc(-c4ccccc4)n3)c2)c1. The van der Waals surface area contributed by atoms with Gasteiger partial charge in [0.25, 0.3) is 0 Å². The lowest BCUT2D eigenvalue weighted by atomic mass is 10.0. The molecule has 4 heterocycles. The molecular weight excluding hydrogens is 707 g/mol. The van der Waals surface area contributed by atoms with Crippen molar-refractivity contribution in [3.05, 3.63) is 199 Å². The van der Waals surface area contributed by atoms with Gasteiger partial charge in [-0.3, -0.25) is 0 Å². The highest BCUT2D eigenvalue weighted by molar-refractivity contribution is 6.14. The van der Waals surface area contributed by atoms with Crippen LogP contribution in [0, 0.1) is 0 Å². The zero-order valence-corrected chi connectivity index (χ0v) is 31.5. The second kappa shape index (κ2) is 13.4. The quantitative estimate of drug-likeness (QED) is 0.170. The first kappa shape index (κ1) is 33.4. The van der Waals surface area contributed by atoms with Crippen molar-refractivity contribution in [2.24, 2.45) is 0 Å². The molecule has 11 rings (SSSR count). The van der Waals surface area contributed by atoms with Gasteiger partial charge in [-0.15, -0.1) is 0 Å². The highest BCUT2D eigenvalue weighted by Crippen LogP contribution is 2.37. The van der Waals surface area contributed by atoms with Crippen molar-refractivity contribution in [3.8, 4) is 51.0 Å². The number of nitrogens with zero attached hydrogens (tertiary/aromatic N) is 5. The Labute approximate surface area is 334 Å². The van der Waals surface area contributed by atoms with Gasteiger partial charge in [0.1, 0.15) is 0 Å². The Hall–Kier alpha value is -7.89. The van der Waals surface area contributed by atoms with Gasteiger partial charge in [-0.1, -0.05) is 153 Å². The molecule has 5 nitrogen and oxygen atoms in total. The Bertz CT molecular complexity index is 3490. The maximum Gasteiger partial charge on any atom is 0.164 e. The average Bonchev–Trinajstić information content (AvgIpc) is 3.84. The molecule has 0 radical (unpaired) electrons. The highest BCUT2D eigenvalue weighted by Gasteiger charge is 2.18. The smallest absolute Gasteiger partial charge is 0.164 e. The lowest BCUT2D eigenvalue weighted by molar-refractivity contribution is 1.07. The van der Waals surface area contributed by atoms with Crippen LogP contribution in [0.4, 0.5) is 0 Å². The van der Waals surface area contributed by atoms with Crippen molar-refractivity contribution < 1.29 is 0 Å². The summed E-state index contributed by atoms with van der Waals surface area (Å²) in [4.78, 5) is 14.9. The van der Waals surface area contributed by atoms with Gasteiger partial charge < -0.3 is 8.97 Å². The first-order valence-corrected chi connectivity index (χ1v) is 19.4. The molecule has 0 bridgehead atoms. The zero-order chi connectivity index (χ0) is 38.7. The van der Waals surface area contributed by atoms with Gasteiger partial charge in [-0.05, 0) is 70.1 Å². The van der Waals surface area contributed by atoms with Crippen LogP contribution in [0.1, 0.15) is 0 Å². The number of hydrogen-bond donors (Lipinski definition) is 0. The molecule has 4 aromatic heterocycles. The van der Waals surface area contributed by atoms with Crippen molar-refractivity contribution in [2.45, 2.75) is 0 Å². The topological polar surface area (TPSA) is 48.0 Å². The summed E-state index contributed by atoms with van der Waals surface area (Å²) in [5.74, 6) is 1.91. The molecular formula is C53H35N5. The van der Waals surface area contributed by atoms with Gasteiger partial charge in [0.05, 0.1) is 27.6 Å². The predicted octanol–water partition coefficient (Wildman–Crippen LogP) is 11.6. The fourth-order valence-corrected chi connectivity index (χ4v) is 8.53. The first-order valence-electron chi connectivity index (χ1n) is 19.4. The number of allylic oxidation sites excluding steroid dienone is 1. The number of pyridine rings is 1. The van der Waals surface area contributed by atoms with E-state index in [4.69, 9.17) is 15.0 Å². The van der Waals surface area contributed by atoms with Crippen molar-refractivity contribution in [1.29, 1.82) is 0 Å². The molecule has 0 aliphatic heterocycles. The molecule has 272 valence electrons. The van der Waals surface area contributed by atoms with E-state index in [1.807, 2.05) is 66.7 Å². The highest BCUT2D eigenvalue weighted by atomic mass is 15.0. The molecule has 0 saturated heterocycles. The minimum absolute atomic E-state index is 0.627. The molecule has 0 unspecified atom stereocenters. The Morgan fingerprint density at radius 2 is 1.00 bits per heavy atom. The Kier molecular flexibility index (Phi) is 7.73.